The molecule has 0 saturated carbocycles. The predicted molar refractivity (Wildman–Crippen MR) is 186 cm³/mol. The molecule has 246 valence electrons. The lowest BCUT2D eigenvalue weighted by atomic mass is 9.87. The molecule has 0 spiro atoms. The van der Waals surface area contributed by atoms with Gasteiger partial charge in [0.1, 0.15) is 18.2 Å². The van der Waals surface area contributed by atoms with Gasteiger partial charge < -0.3 is 20.7 Å². The molecule has 0 unspecified atom stereocenters. The van der Waals surface area contributed by atoms with E-state index in [-0.39, 0.29) is 24.5 Å². The van der Waals surface area contributed by atoms with E-state index in [0.717, 1.165) is 30.5 Å². The van der Waals surface area contributed by atoms with Crippen molar-refractivity contribution in [3.63, 3.8) is 0 Å². The Morgan fingerprint density at radius 3 is 1.63 bits per heavy atom. The molecule has 1 aromatic rings. The number of benzene rings is 1. The topological polar surface area (TPSA) is 96.5 Å². The van der Waals surface area contributed by atoms with E-state index in [2.05, 4.69) is 57.5 Å². The summed E-state index contributed by atoms with van der Waals surface area (Å²) in [6.07, 6.45) is 2.20. The largest absolute Gasteiger partial charge is 0.445 e. The van der Waals surface area contributed by atoms with E-state index >= 15 is 0 Å². The van der Waals surface area contributed by atoms with Crippen LogP contribution in [0.2, 0.25) is 48.4 Å². The van der Waals surface area contributed by atoms with Gasteiger partial charge >= 0.3 is 6.09 Å². The van der Waals surface area contributed by atoms with Gasteiger partial charge in [0.2, 0.25) is 11.8 Å². The number of nitrogens with one attached hydrogen (secondary N) is 3. The molecule has 43 heavy (non-hydrogen) atoms. The molecule has 0 aliphatic carbocycles. The minimum absolute atomic E-state index is 0.0341. The molecule has 1 atom stereocenters. The van der Waals surface area contributed by atoms with E-state index in [1.165, 1.54) is 36.3 Å². The maximum Gasteiger partial charge on any atom is 0.408 e. The first-order valence-corrected chi connectivity index (χ1v) is 22.7. The standard InChI is InChI=1S/C34H63N3O4Si2/c1-10-42(11-2,12-3)25-19-23-34(24-20-26-43(13-4,14-5)15-6,32(39)36-29(9)31(38)35-28(7)8)37-33(40)41-27-30-21-17-16-18-22-30/h16-18,21-22,28-29H,10-15,19-20,23-27H2,1-9H3,(H,35,38)(H,36,39)(H,37,40)/t29-/m0/s1. The van der Waals surface area contributed by atoms with E-state index < -0.39 is 33.8 Å². The summed E-state index contributed by atoms with van der Waals surface area (Å²) >= 11 is 0. The average molecular weight is 634 g/mol. The second-order valence-corrected chi connectivity index (χ2v) is 24.2. The minimum Gasteiger partial charge on any atom is -0.445 e. The first kappa shape index (κ1) is 38.9. The van der Waals surface area contributed by atoms with E-state index in [0.29, 0.717) is 12.8 Å². The Bertz CT molecular complexity index is 923. The van der Waals surface area contributed by atoms with Crippen molar-refractivity contribution in [1.29, 1.82) is 0 Å². The van der Waals surface area contributed by atoms with Crippen molar-refractivity contribution in [3.05, 3.63) is 35.9 Å². The van der Waals surface area contributed by atoms with Crippen LogP contribution in [0.5, 0.6) is 0 Å². The van der Waals surface area contributed by atoms with Crippen LogP contribution >= 0.6 is 0 Å². The second kappa shape index (κ2) is 19.3. The number of hydrogen-bond acceptors (Lipinski definition) is 4. The summed E-state index contributed by atoms with van der Waals surface area (Å²) in [5.41, 5.74) is -0.258. The van der Waals surface area contributed by atoms with Crippen molar-refractivity contribution in [1.82, 2.24) is 16.0 Å². The van der Waals surface area contributed by atoms with Gasteiger partial charge in [-0.25, -0.2) is 4.79 Å². The summed E-state index contributed by atoms with van der Waals surface area (Å²) in [4.78, 5) is 40.4. The lowest BCUT2D eigenvalue weighted by Gasteiger charge is -2.37. The van der Waals surface area contributed by atoms with Crippen molar-refractivity contribution < 1.29 is 19.1 Å². The molecular formula is C34H63N3O4Si2. The highest BCUT2D eigenvalue weighted by Crippen LogP contribution is 2.33. The van der Waals surface area contributed by atoms with Crippen molar-refractivity contribution >= 4 is 34.1 Å². The third-order valence-corrected chi connectivity index (χ3v) is 22.1. The van der Waals surface area contributed by atoms with Gasteiger partial charge in [-0.1, -0.05) is 133 Å². The Morgan fingerprint density at radius 2 is 1.21 bits per heavy atom. The summed E-state index contributed by atoms with van der Waals surface area (Å²) < 4.78 is 5.67. The smallest absolute Gasteiger partial charge is 0.408 e. The second-order valence-electron chi connectivity index (χ2n) is 13.0. The number of carbonyl (C=O) groups is 3. The fourth-order valence-corrected chi connectivity index (χ4v) is 13.4. The van der Waals surface area contributed by atoms with Crippen molar-refractivity contribution in [2.45, 2.75) is 161 Å². The Labute approximate surface area is 265 Å². The van der Waals surface area contributed by atoms with Gasteiger partial charge in [-0.3, -0.25) is 9.59 Å². The van der Waals surface area contributed by atoms with Gasteiger partial charge in [0.15, 0.2) is 0 Å². The highest BCUT2D eigenvalue weighted by Gasteiger charge is 2.42. The van der Waals surface area contributed by atoms with Gasteiger partial charge in [0.25, 0.3) is 0 Å². The van der Waals surface area contributed by atoms with Crippen molar-refractivity contribution in [2.24, 2.45) is 0 Å². The molecule has 0 aliphatic heterocycles. The van der Waals surface area contributed by atoms with Crippen LogP contribution in [0.3, 0.4) is 0 Å². The lowest BCUT2D eigenvalue weighted by Crippen LogP contribution is -2.62. The van der Waals surface area contributed by atoms with Crippen molar-refractivity contribution in [2.75, 3.05) is 0 Å². The SMILES string of the molecule is CC[Si](CC)(CC)CCCC(CCC[Si](CC)(CC)CC)(NC(=O)OCc1ccccc1)C(=O)N[C@@H](C)C(=O)NC(C)C. The van der Waals surface area contributed by atoms with E-state index in [1.807, 2.05) is 44.2 Å². The monoisotopic (exact) mass is 633 g/mol. The molecule has 0 saturated heterocycles. The molecule has 0 fully saturated rings. The van der Waals surface area contributed by atoms with E-state index in [1.54, 1.807) is 6.92 Å². The zero-order chi connectivity index (χ0) is 32.5. The number of alkyl carbamates (subject to hydrolysis) is 1. The number of amides is 3. The number of rotatable bonds is 21. The maximum absolute atomic E-state index is 14.3. The summed E-state index contributed by atoms with van der Waals surface area (Å²) in [6, 6.07) is 18.4. The molecule has 9 heteroatoms. The van der Waals surface area contributed by atoms with E-state index in [9.17, 15) is 14.4 Å². The molecule has 0 bridgehead atoms. The van der Waals surface area contributed by atoms with Crippen LogP contribution in [0.25, 0.3) is 0 Å². The number of hydrogen-bond donors (Lipinski definition) is 3. The quantitative estimate of drug-likeness (QED) is 0.119. The number of ether oxygens (including phenoxy) is 1. The Kier molecular flexibility index (Phi) is 17.4. The molecule has 0 aliphatic rings. The van der Waals surface area contributed by atoms with Gasteiger partial charge in [0.05, 0.1) is 16.1 Å². The van der Waals surface area contributed by atoms with Crippen LogP contribution in [-0.4, -0.2) is 51.7 Å². The normalized spacial score (nSPS) is 13.0. The van der Waals surface area contributed by atoms with Gasteiger partial charge in [-0.2, -0.15) is 0 Å². The third-order valence-electron chi connectivity index (χ3n) is 10.3. The summed E-state index contributed by atoms with van der Waals surface area (Å²) in [6.45, 7) is 19.5. The molecule has 0 radical (unpaired) electrons. The predicted octanol–water partition coefficient (Wildman–Crippen LogP) is 8.26. The molecule has 1 aromatic carbocycles. The van der Waals surface area contributed by atoms with Gasteiger partial charge in [0, 0.05) is 6.04 Å². The highest BCUT2D eigenvalue weighted by atomic mass is 28.3. The highest BCUT2D eigenvalue weighted by molar-refractivity contribution is 6.80. The lowest BCUT2D eigenvalue weighted by molar-refractivity contribution is -0.133. The van der Waals surface area contributed by atoms with Crippen LogP contribution in [-0.2, 0) is 20.9 Å². The van der Waals surface area contributed by atoms with Gasteiger partial charge in [-0.15, -0.1) is 0 Å². The summed E-state index contributed by atoms with van der Waals surface area (Å²) in [5.74, 6) is -0.517. The number of carbonyl (C=O) groups excluding carboxylic acids is 3. The maximum atomic E-state index is 14.3. The van der Waals surface area contributed by atoms with Crippen LogP contribution in [0.1, 0.15) is 93.6 Å². The molecule has 0 heterocycles. The molecule has 1 rings (SSSR count). The van der Waals surface area contributed by atoms with Crippen molar-refractivity contribution in [3.8, 4) is 0 Å². The summed E-state index contributed by atoms with van der Waals surface area (Å²) in [5, 5.41) is 8.97. The Balaban J connectivity index is 3.38. The van der Waals surface area contributed by atoms with Gasteiger partial charge in [-0.05, 0) is 39.2 Å². The molecule has 3 amide bonds. The fraction of sp³-hybridized carbons (Fsp3) is 0.735. The zero-order valence-corrected chi connectivity index (χ0v) is 30.9. The first-order chi connectivity index (χ1) is 20.4. The third kappa shape index (κ3) is 12.4. The average Bonchev–Trinajstić information content (AvgIpc) is 3.00. The van der Waals surface area contributed by atoms with Crippen LogP contribution in [0, 0.1) is 0 Å². The molecular weight excluding hydrogens is 571 g/mol. The Hall–Kier alpha value is -2.14. The fourth-order valence-electron chi connectivity index (χ4n) is 6.39. The van der Waals surface area contributed by atoms with Crippen LogP contribution in [0.15, 0.2) is 30.3 Å². The summed E-state index contributed by atoms with van der Waals surface area (Å²) in [7, 11) is -2.86. The molecule has 3 N–H and O–H groups in total. The Morgan fingerprint density at radius 1 is 0.744 bits per heavy atom. The molecule has 0 aromatic heterocycles. The zero-order valence-electron chi connectivity index (χ0n) is 28.9. The van der Waals surface area contributed by atoms with E-state index in [4.69, 9.17) is 4.74 Å². The minimum atomic E-state index is -1.43. The molecule has 7 nitrogen and oxygen atoms in total. The van der Waals surface area contributed by atoms with Crippen LogP contribution in [0.4, 0.5) is 4.79 Å². The first-order valence-electron chi connectivity index (χ1n) is 17.0. The van der Waals surface area contributed by atoms with Crippen LogP contribution < -0.4 is 16.0 Å².